The molecule has 0 saturated carbocycles. The van der Waals surface area contributed by atoms with Gasteiger partial charge in [0.05, 0.1) is 0 Å². The van der Waals surface area contributed by atoms with E-state index in [1.54, 1.807) is 11.1 Å². The summed E-state index contributed by atoms with van der Waals surface area (Å²) in [6, 6.07) is 86.6. The molecule has 0 amide bonds. The number of fused-ring (bicyclic) bond motifs is 10. The van der Waals surface area contributed by atoms with Crippen LogP contribution >= 0.6 is 0 Å². The minimum Gasteiger partial charge on any atom is -0.310 e. The largest absolute Gasteiger partial charge is 0.310 e. The van der Waals surface area contributed by atoms with E-state index >= 15 is 0 Å². The van der Waals surface area contributed by atoms with Crippen molar-refractivity contribution in [3.63, 3.8) is 0 Å². The molecule has 1 unspecified atom stereocenters. The Morgan fingerprint density at radius 1 is 0.384 bits per heavy atom. The van der Waals surface area contributed by atoms with Gasteiger partial charge in [-0.3, -0.25) is 0 Å². The summed E-state index contributed by atoms with van der Waals surface area (Å²) in [5.74, 6) is 0.239. The van der Waals surface area contributed by atoms with E-state index in [2.05, 4.69) is 286 Å². The number of anilines is 5. The molecule has 11 aromatic rings. The number of rotatable bonds is 6. The first-order valence-corrected chi connectivity index (χ1v) is 31.4. The van der Waals surface area contributed by atoms with Crippen molar-refractivity contribution in [3.05, 3.63) is 310 Å². The molecular weight excluding hydrogens is 1040 g/mol. The van der Waals surface area contributed by atoms with Crippen LogP contribution in [0.2, 0.25) is 0 Å². The number of para-hydroxylation sites is 3. The number of allylic oxidation sites excluding steroid dienone is 7. The van der Waals surface area contributed by atoms with Crippen molar-refractivity contribution < 1.29 is 0 Å². The standard InChI is InChI=1S/C84H68N2/c1-83(2)73-29-11-9-27-65(73)67-43-39-59(49-75(67)83)57-23-17-25-61(47-57)81-69-45-41-64(86-79-33-15-7-21-55(79)37-38-56-22-8-16-34-80(56)86)52-72(69)82(62-26-18-24-58(48-62)60-40-44-68-66-28-10-12-30-74(66)84(3,4)76(68)50-60)70-46-42-63(51-71(70)81)85-77-31-13-5-19-53(77)35-36-54-20-6-14-32-78(54)85/h5-7,9-21,23-34,39-49,51-52,60H,8,22,35-38,50H2,1-4H3. The fourth-order valence-corrected chi connectivity index (χ4v) is 16.4. The first-order chi connectivity index (χ1) is 42.2. The van der Waals surface area contributed by atoms with Crippen molar-refractivity contribution in [2.75, 3.05) is 9.80 Å². The minimum absolute atomic E-state index is 0.0354. The molecule has 414 valence electrons. The zero-order valence-corrected chi connectivity index (χ0v) is 49.6. The van der Waals surface area contributed by atoms with Gasteiger partial charge in [-0.05, 0) is 227 Å². The Balaban J connectivity index is 0.924. The lowest BCUT2D eigenvalue weighted by atomic mass is 9.74. The number of hydrogen-bond acceptors (Lipinski definition) is 2. The van der Waals surface area contributed by atoms with Crippen molar-refractivity contribution in [2.45, 2.75) is 89.4 Å². The average Bonchev–Trinajstić information content (AvgIpc) is 1.25. The summed E-state index contributed by atoms with van der Waals surface area (Å²) in [5, 5.41) is 4.98. The van der Waals surface area contributed by atoms with Crippen molar-refractivity contribution in [3.8, 4) is 44.5 Å². The number of hydrogen-bond donors (Lipinski definition) is 0. The highest BCUT2D eigenvalue weighted by Gasteiger charge is 2.40. The molecule has 1 atom stereocenters. The predicted molar refractivity (Wildman–Crippen MR) is 363 cm³/mol. The number of nitrogens with zero attached hydrogens (tertiary/aromatic N) is 2. The molecule has 2 heteroatoms. The fourth-order valence-electron chi connectivity index (χ4n) is 16.4. The Labute approximate surface area is 506 Å². The molecule has 2 heterocycles. The molecule has 0 radical (unpaired) electrons. The third kappa shape index (κ3) is 7.85. The van der Waals surface area contributed by atoms with E-state index in [4.69, 9.17) is 0 Å². The maximum atomic E-state index is 2.60. The highest BCUT2D eigenvalue weighted by atomic mass is 15.2. The molecule has 2 aliphatic heterocycles. The van der Waals surface area contributed by atoms with E-state index in [9.17, 15) is 0 Å². The monoisotopic (exact) mass is 1100 g/mol. The van der Waals surface area contributed by atoms with E-state index in [0.29, 0.717) is 0 Å². The van der Waals surface area contributed by atoms with Crippen LogP contribution < -0.4 is 9.80 Å². The van der Waals surface area contributed by atoms with Crippen LogP contribution in [-0.4, -0.2) is 0 Å². The van der Waals surface area contributed by atoms with Crippen LogP contribution in [0.5, 0.6) is 0 Å². The molecule has 6 aliphatic rings. The Kier molecular flexibility index (Phi) is 11.6. The van der Waals surface area contributed by atoms with Gasteiger partial charge in [0, 0.05) is 50.9 Å². The molecule has 0 saturated heterocycles. The van der Waals surface area contributed by atoms with Crippen LogP contribution in [0.3, 0.4) is 0 Å². The summed E-state index contributed by atoms with van der Waals surface area (Å²) in [6.07, 6.45) is 17.0. The van der Waals surface area contributed by atoms with Gasteiger partial charge >= 0.3 is 0 Å². The highest BCUT2D eigenvalue weighted by molar-refractivity contribution is 6.23. The minimum atomic E-state index is -0.109. The lowest BCUT2D eigenvalue weighted by molar-refractivity contribution is 0.591. The van der Waals surface area contributed by atoms with Gasteiger partial charge in [-0.15, -0.1) is 0 Å². The molecular formula is C84H68N2. The average molecular weight is 1110 g/mol. The summed E-state index contributed by atoms with van der Waals surface area (Å²) in [5.41, 5.74) is 33.0. The molecule has 0 aromatic heterocycles. The molecule has 0 fully saturated rings. The molecule has 17 rings (SSSR count). The summed E-state index contributed by atoms with van der Waals surface area (Å²) in [7, 11) is 0. The molecule has 0 spiro atoms. The van der Waals surface area contributed by atoms with E-state index in [-0.39, 0.29) is 16.7 Å². The van der Waals surface area contributed by atoms with Gasteiger partial charge in [0.25, 0.3) is 0 Å². The summed E-state index contributed by atoms with van der Waals surface area (Å²) >= 11 is 0. The third-order valence-electron chi connectivity index (χ3n) is 20.7. The van der Waals surface area contributed by atoms with Crippen LogP contribution in [-0.2, 0) is 30.1 Å². The molecule has 0 bridgehead atoms. The van der Waals surface area contributed by atoms with Gasteiger partial charge in [0.15, 0.2) is 0 Å². The topological polar surface area (TPSA) is 6.48 Å². The maximum absolute atomic E-state index is 2.60. The van der Waals surface area contributed by atoms with Gasteiger partial charge in [0.2, 0.25) is 0 Å². The van der Waals surface area contributed by atoms with E-state index in [1.807, 2.05) is 0 Å². The molecule has 0 N–H and O–H groups in total. The zero-order chi connectivity index (χ0) is 57.4. The SMILES string of the molecule is CC1(C)C2=C(C=CC(c3cccc(-c4c5ccc(N6c7ccccc7CCc7ccccc76)cc5c(-c5cccc(-c6ccc7c(c6)C(C)(C)c6ccccc6-7)c5)c5ccc(N6C7=C(CCC=C7)CCc7ccccc76)cc45)c3)C2)c2ccccc21. The first-order valence-electron chi connectivity index (χ1n) is 31.4. The molecule has 11 aromatic carbocycles. The van der Waals surface area contributed by atoms with Crippen LogP contribution in [0.15, 0.2) is 266 Å². The lowest BCUT2D eigenvalue weighted by Crippen LogP contribution is -2.19. The third-order valence-corrected chi connectivity index (χ3v) is 20.7. The van der Waals surface area contributed by atoms with Gasteiger partial charge in [-0.25, -0.2) is 0 Å². The summed E-state index contributed by atoms with van der Waals surface area (Å²) in [6.45, 7) is 9.64. The van der Waals surface area contributed by atoms with Crippen molar-refractivity contribution in [1.82, 2.24) is 0 Å². The lowest BCUT2D eigenvalue weighted by Gasteiger charge is -2.31. The molecule has 86 heavy (non-hydrogen) atoms. The molecule has 2 nitrogen and oxygen atoms in total. The second-order valence-electron chi connectivity index (χ2n) is 26.1. The van der Waals surface area contributed by atoms with Crippen molar-refractivity contribution >= 4 is 55.6 Å². The van der Waals surface area contributed by atoms with Crippen LogP contribution in [0.4, 0.5) is 28.4 Å². The smallest absolute Gasteiger partial charge is 0.0493 e. The second-order valence-corrected chi connectivity index (χ2v) is 26.1. The number of benzene rings is 11. The number of aryl methyl sites for hydroxylation is 3. The van der Waals surface area contributed by atoms with Crippen LogP contribution in [0.25, 0.3) is 71.6 Å². The van der Waals surface area contributed by atoms with Crippen molar-refractivity contribution in [1.29, 1.82) is 0 Å². The van der Waals surface area contributed by atoms with Gasteiger partial charge in [0.1, 0.15) is 0 Å². The predicted octanol–water partition coefficient (Wildman–Crippen LogP) is 22.3. The van der Waals surface area contributed by atoms with Gasteiger partial charge in [-0.1, -0.05) is 221 Å². The van der Waals surface area contributed by atoms with Crippen LogP contribution in [0, 0.1) is 0 Å². The normalized spacial score (nSPS) is 17.5. The van der Waals surface area contributed by atoms with Gasteiger partial charge < -0.3 is 9.80 Å². The zero-order valence-electron chi connectivity index (χ0n) is 49.6. The molecule has 4 aliphatic carbocycles. The Hall–Kier alpha value is -9.50. The Morgan fingerprint density at radius 3 is 1.63 bits per heavy atom. The van der Waals surface area contributed by atoms with E-state index < -0.39 is 0 Å². The quantitative estimate of drug-likeness (QED) is 0.153. The second kappa shape index (κ2) is 19.5. The summed E-state index contributed by atoms with van der Waals surface area (Å²) < 4.78 is 0. The maximum Gasteiger partial charge on any atom is 0.0493 e. The van der Waals surface area contributed by atoms with E-state index in [0.717, 1.165) is 50.6 Å². The Bertz CT molecular complexity index is 4770. The highest BCUT2D eigenvalue weighted by Crippen LogP contribution is 2.55. The fraction of sp³-hybridized carbons (Fsp3) is 0.167. The van der Waals surface area contributed by atoms with Crippen LogP contribution in [0.1, 0.15) is 104 Å². The van der Waals surface area contributed by atoms with Crippen molar-refractivity contribution in [2.24, 2.45) is 0 Å². The van der Waals surface area contributed by atoms with Gasteiger partial charge in [-0.2, -0.15) is 0 Å². The van der Waals surface area contributed by atoms with E-state index in [1.165, 1.54) is 145 Å². The summed E-state index contributed by atoms with van der Waals surface area (Å²) in [4.78, 5) is 5.15. The first kappa shape index (κ1) is 51.0. The Morgan fingerprint density at radius 2 is 0.930 bits per heavy atom.